The second-order valence-corrected chi connectivity index (χ2v) is 4.38. The fraction of sp³-hybridized carbons (Fsp3) is 0. The summed E-state index contributed by atoms with van der Waals surface area (Å²) in [6.45, 7) is 0. The molecule has 2 aromatic carbocycles. The van der Waals surface area contributed by atoms with Crippen LogP contribution in [0.25, 0.3) is 0 Å². The molecule has 1 heterocycles. The van der Waals surface area contributed by atoms with Gasteiger partial charge in [0.05, 0.1) is 5.69 Å². The van der Waals surface area contributed by atoms with Crippen LogP contribution in [-0.4, -0.2) is 10.6 Å². The zero-order valence-electron chi connectivity index (χ0n) is 10.9. The fourth-order valence-corrected chi connectivity index (χ4v) is 2.09. The minimum Gasteiger partial charge on any atom is -0.267 e. The Bertz CT molecular complexity index is 676. The number of hydrogen-bond acceptors (Lipinski definition) is 1. The molecule has 1 aromatic heterocycles. The van der Waals surface area contributed by atoms with Gasteiger partial charge in [0.1, 0.15) is 0 Å². The molecule has 98 valence electrons. The van der Waals surface area contributed by atoms with Crippen molar-refractivity contribution in [3.05, 3.63) is 90.8 Å². The average Bonchev–Trinajstić information content (AvgIpc) is 3.03. The van der Waals surface area contributed by atoms with Crippen molar-refractivity contribution in [2.45, 2.75) is 0 Å². The van der Waals surface area contributed by atoms with Gasteiger partial charge in [-0.2, -0.15) is 0 Å². The molecule has 0 N–H and O–H groups in total. The third-order valence-electron chi connectivity index (χ3n) is 3.03. The van der Waals surface area contributed by atoms with Crippen LogP contribution in [0.1, 0.15) is 10.4 Å². The normalized spacial score (nSPS) is 10.2. The standard InChI is InChI=1S/C17H14N2O/c20-17(15-9-3-1-4-10-15)19(18-13-7-8-14-18)16-11-5-2-6-12-16/h1-14H. The van der Waals surface area contributed by atoms with Crippen LogP contribution in [0.5, 0.6) is 0 Å². The highest BCUT2D eigenvalue weighted by Gasteiger charge is 2.18. The number of hydrogen-bond donors (Lipinski definition) is 0. The molecule has 0 aliphatic heterocycles. The van der Waals surface area contributed by atoms with Gasteiger partial charge in [-0.1, -0.05) is 36.4 Å². The molecule has 0 spiro atoms. The van der Waals surface area contributed by atoms with Gasteiger partial charge in [0.2, 0.25) is 0 Å². The Labute approximate surface area is 117 Å². The van der Waals surface area contributed by atoms with E-state index in [-0.39, 0.29) is 5.91 Å². The SMILES string of the molecule is O=C(c1ccccc1)N(c1ccccc1)n1cccc1. The van der Waals surface area contributed by atoms with Crippen molar-refractivity contribution < 1.29 is 4.79 Å². The molecule has 3 rings (SSSR count). The zero-order valence-corrected chi connectivity index (χ0v) is 10.9. The van der Waals surface area contributed by atoms with E-state index in [1.165, 1.54) is 0 Å². The van der Waals surface area contributed by atoms with Crippen molar-refractivity contribution in [1.29, 1.82) is 0 Å². The number of benzene rings is 2. The highest BCUT2D eigenvalue weighted by Crippen LogP contribution is 2.18. The lowest BCUT2D eigenvalue weighted by Crippen LogP contribution is -2.35. The molecule has 3 aromatic rings. The second-order valence-electron chi connectivity index (χ2n) is 4.38. The van der Waals surface area contributed by atoms with Crippen LogP contribution in [0.3, 0.4) is 0 Å². The lowest BCUT2D eigenvalue weighted by Gasteiger charge is -2.24. The van der Waals surface area contributed by atoms with Crippen molar-refractivity contribution in [1.82, 2.24) is 4.68 Å². The van der Waals surface area contributed by atoms with Crippen LogP contribution in [0, 0.1) is 0 Å². The van der Waals surface area contributed by atoms with E-state index in [9.17, 15) is 4.79 Å². The van der Waals surface area contributed by atoms with Gasteiger partial charge >= 0.3 is 0 Å². The molecule has 0 fully saturated rings. The Kier molecular flexibility index (Phi) is 3.33. The first kappa shape index (κ1) is 12.2. The highest BCUT2D eigenvalue weighted by molar-refractivity contribution is 6.05. The minimum absolute atomic E-state index is 0.0620. The van der Waals surface area contributed by atoms with Gasteiger partial charge < -0.3 is 0 Å². The summed E-state index contributed by atoms with van der Waals surface area (Å²) >= 11 is 0. The quantitative estimate of drug-likeness (QED) is 0.708. The molecule has 0 saturated carbocycles. The van der Waals surface area contributed by atoms with E-state index in [4.69, 9.17) is 0 Å². The van der Waals surface area contributed by atoms with Crippen molar-refractivity contribution in [2.24, 2.45) is 0 Å². The first-order valence-electron chi connectivity index (χ1n) is 6.44. The number of para-hydroxylation sites is 1. The number of carbonyl (C=O) groups is 1. The van der Waals surface area contributed by atoms with Crippen molar-refractivity contribution in [2.75, 3.05) is 5.01 Å². The molecular weight excluding hydrogens is 248 g/mol. The predicted octanol–water partition coefficient (Wildman–Crippen LogP) is 3.60. The van der Waals surface area contributed by atoms with Crippen LogP contribution >= 0.6 is 0 Å². The molecule has 0 unspecified atom stereocenters. The molecule has 0 aliphatic rings. The van der Waals surface area contributed by atoms with Gasteiger partial charge in [-0.05, 0) is 36.4 Å². The van der Waals surface area contributed by atoms with E-state index < -0.39 is 0 Å². The minimum atomic E-state index is -0.0620. The lowest BCUT2D eigenvalue weighted by atomic mass is 10.2. The van der Waals surface area contributed by atoms with Gasteiger partial charge in [-0.3, -0.25) is 9.47 Å². The maximum atomic E-state index is 12.7. The van der Waals surface area contributed by atoms with Gasteiger partial charge in [-0.15, -0.1) is 0 Å². The number of anilines is 1. The van der Waals surface area contributed by atoms with Gasteiger partial charge in [0.25, 0.3) is 5.91 Å². The highest BCUT2D eigenvalue weighted by atomic mass is 16.2. The van der Waals surface area contributed by atoms with Crippen LogP contribution < -0.4 is 5.01 Å². The maximum absolute atomic E-state index is 12.7. The maximum Gasteiger partial charge on any atom is 0.277 e. The van der Waals surface area contributed by atoms with Crippen LogP contribution in [0.2, 0.25) is 0 Å². The number of nitrogens with zero attached hydrogens (tertiary/aromatic N) is 2. The molecule has 1 amide bonds. The summed E-state index contributed by atoms with van der Waals surface area (Å²) in [4.78, 5) is 12.7. The van der Waals surface area contributed by atoms with Crippen molar-refractivity contribution >= 4 is 11.6 Å². The molecule has 0 radical (unpaired) electrons. The molecule has 3 nitrogen and oxygen atoms in total. The first-order valence-corrected chi connectivity index (χ1v) is 6.44. The molecule has 0 bridgehead atoms. The average molecular weight is 262 g/mol. The van der Waals surface area contributed by atoms with E-state index in [2.05, 4.69) is 0 Å². The zero-order chi connectivity index (χ0) is 13.8. The summed E-state index contributed by atoms with van der Waals surface area (Å²) in [7, 11) is 0. The Morgan fingerprint density at radius 2 is 1.30 bits per heavy atom. The molecular formula is C17H14N2O. The number of amides is 1. The van der Waals surface area contributed by atoms with Crippen LogP contribution in [0.15, 0.2) is 85.2 Å². The topological polar surface area (TPSA) is 25.2 Å². The fourth-order valence-electron chi connectivity index (χ4n) is 2.09. The van der Waals surface area contributed by atoms with Gasteiger partial charge in [-0.25, -0.2) is 5.01 Å². The summed E-state index contributed by atoms with van der Waals surface area (Å²) in [6.07, 6.45) is 3.71. The number of aromatic nitrogens is 1. The molecule has 0 saturated heterocycles. The molecule has 20 heavy (non-hydrogen) atoms. The summed E-state index contributed by atoms with van der Waals surface area (Å²) in [5.41, 5.74) is 1.49. The summed E-state index contributed by atoms with van der Waals surface area (Å²) in [5.74, 6) is -0.0620. The van der Waals surface area contributed by atoms with E-state index >= 15 is 0 Å². The second kappa shape index (κ2) is 5.45. The third kappa shape index (κ3) is 2.34. The third-order valence-corrected chi connectivity index (χ3v) is 3.03. The Morgan fingerprint density at radius 3 is 1.90 bits per heavy atom. The van der Waals surface area contributed by atoms with Crippen molar-refractivity contribution in [3.8, 4) is 0 Å². The number of carbonyl (C=O) groups excluding carboxylic acids is 1. The van der Waals surface area contributed by atoms with Crippen LogP contribution in [-0.2, 0) is 0 Å². The summed E-state index contributed by atoms with van der Waals surface area (Å²) < 4.78 is 1.78. The Morgan fingerprint density at radius 1 is 0.750 bits per heavy atom. The number of rotatable bonds is 3. The largest absolute Gasteiger partial charge is 0.277 e. The first-order chi connectivity index (χ1) is 9.86. The predicted molar refractivity (Wildman–Crippen MR) is 79.5 cm³/mol. The van der Waals surface area contributed by atoms with Crippen molar-refractivity contribution in [3.63, 3.8) is 0 Å². The molecule has 3 heteroatoms. The van der Waals surface area contributed by atoms with E-state index in [0.717, 1.165) is 5.69 Å². The van der Waals surface area contributed by atoms with Gasteiger partial charge in [0.15, 0.2) is 0 Å². The van der Waals surface area contributed by atoms with Gasteiger partial charge in [0, 0.05) is 18.0 Å². The molecule has 0 aliphatic carbocycles. The lowest BCUT2D eigenvalue weighted by molar-refractivity contribution is 0.0976. The van der Waals surface area contributed by atoms with E-state index in [1.807, 2.05) is 85.2 Å². The Hall–Kier alpha value is -2.81. The van der Waals surface area contributed by atoms with E-state index in [0.29, 0.717) is 5.56 Å². The van der Waals surface area contributed by atoms with E-state index in [1.54, 1.807) is 9.69 Å². The molecule has 0 atom stereocenters. The Balaban J connectivity index is 2.05. The van der Waals surface area contributed by atoms with Crippen LogP contribution in [0.4, 0.5) is 5.69 Å². The smallest absolute Gasteiger partial charge is 0.267 e. The summed E-state index contributed by atoms with van der Waals surface area (Å²) in [5, 5.41) is 1.65. The monoisotopic (exact) mass is 262 g/mol. The summed E-state index contributed by atoms with van der Waals surface area (Å²) in [6, 6.07) is 22.7.